The molecule has 1 aromatic carbocycles. The van der Waals surface area contributed by atoms with Gasteiger partial charge in [0.25, 0.3) is 17.7 Å². The Morgan fingerprint density at radius 1 is 0.897 bits per heavy atom. The number of hydrogen-bond donors (Lipinski definition) is 0. The molecule has 2 aromatic heterocycles. The summed E-state index contributed by atoms with van der Waals surface area (Å²) >= 11 is 0. The van der Waals surface area contributed by atoms with E-state index < -0.39 is 0 Å². The van der Waals surface area contributed by atoms with E-state index in [1.807, 2.05) is 11.0 Å². The summed E-state index contributed by atoms with van der Waals surface area (Å²) in [6.07, 6.45) is 6.32. The number of piperazine rings is 1. The largest absolute Gasteiger partial charge is 0.459 e. The number of nitrogens with zero attached hydrogens (tertiary/aromatic N) is 5. The zero-order valence-electron chi connectivity index (χ0n) is 21.5. The molecular weight excluding hydrogens is 498 g/mol. The van der Waals surface area contributed by atoms with Crippen LogP contribution < -0.4 is 4.90 Å². The quantitative estimate of drug-likeness (QED) is 0.470. The molecule has 0 radical (unpaired) electrons. The predicted molar refractivity (Wildman–Crippen MR) is 141 cm³/mol. The molecule has 2 saturated heterocycles. The minimum Gasteiger partial charge on any atom is -0.459 e. The lowest BCUT2D eigenvalue weighted by Gasteiger charge is -2.39. The lowest BCUT2D eigenvalue weighted by molar-refractivity contribution is -0.137. The lowest BCUT2D eigenvalue weighted by atomic mass is 9.94. The maximum Gasteiger partial charge on any atom is 0.289 e. The molecule has 0 saturated carbocycles. The number of fused-ring (bicyclic) bond motifs is 1. The smallest absolute Gasteiger partial charge is 0.289 e. The lowest BCUT2D eigenvalue weighted by Crippen LogP contribution is -2.53. The molecule has 10 nitrogen and oxygen atoms in total. The van der Waals surface area contributed by atoms with Crippen molar-refractivity contribution >= 4 is 29.3 Å². The Kier molecular flexibility index (Phi) is 6.60. The SMILES string of the molecule is O=C(c1ccco1)N1CCN(C(=O)C2CCCN(c3cccc4c3C(=O)N(Cc3ccncc3)C4=O)C2)CC1. The summed E-state index contributed by atoms with van der Waals surface area (Å²) < 4.78 is 5.23. The van der Waals surface area contributed by atoms with Gasteiger partial charge in [0.15, 0.2) is 5.76 Å². The van der Waals surface area contributed by atoms with Crippen LogP contribution in [0, 0.1) is 5.92 Å². The fourth-order valence-electron chi connectivity index (χ4n) is 5.74. The number of rotatable bonds is 5. The molecule has 39 heavy (non-hydrogen) atoms. The summed E-state index contributed by atoms with van der Waals surface area (Å²) in [5, 5.41) is 0. The van der Waals surface area contributed by atoms with Gasteiger partial charge in [-0.1, -0.05) is 6.07 Å². The summed E-state index contributed by atoms with van der Waals surface area (Å²) in [5.41, 5.74) is 2.34. The molecule has 4 amide bonds. The maximum absolute atomic E-state index is 13.5. The van der Waals surface area contributed by atoms with Crippen LogP contribution in [-0.4, -0.2) is 82.6 Å². The number of hydrogen-bond acceptors (Lipinski definition) is 7. The average Bonchev–Trinajstić information content (AvgIpc) is 3.61. The number of amides is 4. The predicted octanol–water partition coefficient (Wildman–Crippen LogP) is 2.67. The van der Waals surface area contributed by atoms with Gasteiger partial charge in [-0.3, -0.25) is 29.1 Å². The van der Waals surface area contributed by atoms with E-state index in [0.29, 0.717) is 61.8 Å². The van der Waals surface area contributed by atoms with Gasteiger partial charge in [0.2, 0.25) is 5.91 Å². The van der Waals surface area contributed by atoms with Gasteiger partial charge in [0, 0.05) is 51.7 Å². The highest BCUT2D eigenvalue weighted by molar-refractivity contribution is 6.23. The van der Waals surface area contributed by atoms with Crippen molar-refractivity contribution in [3.63, 3.8) is 0 Å². The third-order valence-electron chi connectivity index (χ3n) is 7.79. The van der Waals surface area contributed by atoms with E-state index in [9.17, 15) is 19.2 Å². The van der Waals surface area contributed by atoms with Crippen LogP contribution >= 0.6 is 0 Å². The number of imide groups is 1. The van der Waals surface area contributed by atoms with Crippen LogP contribution in [0.3, 0.4) is 0 Å². The van der Waals surface area contributed by atoms with Gasteiger partial charge in [-0.05, 0) is 54.8 Å². The van der Waals surface area contributed by atoms with Crippen molar-refractivity contribution in [2.24, 2.45) is 5.92 Å². The number of aromatic nitrogens is 1. The highest BCUT2D eigenvalue weighted by Gasteiger charge is 2.40. The number of anilines is 1. The zero-order chi connectivity index (χ0) is 26.9. The van der Waals surface area contributed by atoms with Crippen molar-refractivity contribution in [2.45, 2.75) is 19.4 Å². The molecule has 2 fully saturated rings. The van der Waals surface area contributed by atoms with Crippen molar-refractivity contribution in [1.82, 2.24) is 19.7 Å². The second-order valence-electron chi connectivity index (χ2n) is 10.1. The topological polar surface area (TPSA) is 107 Å². The first-order valence-corrected chi connectivity index (χ1v) is 13.3. The summed E-state index contributed by atoms with van der Waals surface area (Å²) in [5.74, 6) is -0.624. The van der Waals surface area contributed by atoms with Crippen LogP contribution in [-0.2, 0) is 11.3 Å². The Morgan fingerprint density at radius 3 is 2.41 bits per heavy atom. The Hall–Kier alpha value is -4.47. The number of benzene rings is 1. The third kappa shape index (κ3) is 4.67. The van der Waals surface area contributed by atoms with Crippen molar-refractivity contribution in [2.75, 3.05) is 44.2 Å². The standard InChI is InChI=1S/C29H29N5O5/c35-26(31-13-15-32(16-14-31)28(37)24-7-3-17-39-24)21-4-2-12-33(19-21)23-6-1-5-22-25(23)29(38)34(27(22)36)18-20-8-10-30-11-9-20/h1,3,5-11,17,21H,2,4,12-16,18-19H2. The van der Waals surface area contributed by atoms with Gasteiger partial charge >= 0.3 is 0 Å². The minimum atomic E-state index is -0.312. The van der Waals surface area contributed by atoms with Gasteiger partial charge in [-0.2, -0.15) is 0 Å². The van der Waals surface area contributed by atoms with Gasteiger partial charge in [0.05, 0.1) is 35.5 Å². The fraction of sp³-hybridized carbons (Fsp3) is 0.345. The van der Waals surface area contributed by atoms with Gasteiger partial charge in [-0.25, -0.2) is 0 Å². The van der Waals surface area contributed by atoms with E-state index in [1.54, 1.807) is 53.7 Å². The Bertz CT molecular complexity index is 1400. The van der Waals surface area contributed by atoms with Crippen molar-refractivity contribution in [1.29, 1.82) is 0 Å². The van der Waals surface area contributed by atoms with Gasteiger partial charge in [-0.15, -0.1) is 0 Å². The first-order valence-electron chi connectivity index (χ1n) is 13.3. The molecular formula is C29H29N5O5. The summed E-state index contributed by atoms with van der Waals surface area (Å²) in [4.78, 5) is 63.6. The first-order chi connectivity index (χ1) is 19.0. The van der Waals surface area contributed by atoms with E-state index in [0.717, 1.165) is 18.4 Å². The molecule has 6 rings (SSSR count). The number of carbonyl (C=O) groups excluding carboxylic acids is 4. The van der Waals surface area contributed by atoms with E-state index in [-0.39, 0.29) is 36.1 Å². The van der Waals surface area contributed by atoms with E-state index in [4.69, 9.17) is 4.42 Å². The van der Waals surface area contributed by atoms with E-state index >= 15 is 0 Å². The van der Waals surface area contributed by atoms with Gasteiger partial charge in [0.1, 0.15) is 0 Å². The van der Waals surface area contributed by atoms with Crippen LogP contribution in [0.15, 0.2) is 65.5 Å². The summed E-state index contributed by atoms with van der Waals surface area (Å²) in [7, 11) is 0. The molecule has 10 heteroatoms. The van der Waals surface area contributed by atoms with E-state index in [1.165, 1.54) is 11.2 Å². The highest BCUT2D eigenvalue weighted by Crippen LogP contribution is 2.35. The molecule has 0 bridgehead atoms. The second-order valence-corrected chi connectivity index (χ2v) is 10.1. The summed E-state index contributed by atoms with van der Waals surface area (Å²) in [6, 6.07) is 12.3. The van der Waals surface area contributed by atoms with Crippen LogP contribution in [0.5, 0.6) is 0 Å². The Morgan fingerprint density at radius 2 is 1.67 bits per heavy atom. The molecule has 3 aliphatic rings. The van der Waals surface area contributed by atoms with Crippen LogP contribution in [0.2, 0.25) is 0 Å². The van der Waals surface area contributed by atoms with Crippen molar-refractivity contribution in [3.8, 4) is 0 Å². The Labute approximate surface area is 225 Å². The normalized spacial score (nSPS) is 19.4. The summed E-state index contributed by atoms with van der Waals surface area (Å²) in [6.45, 7) is 3.22. The minimum absolute atomic E-state index is 0.0686. The third-order valence-corrected chi connectivity index (χ3v) is 7.79. The number of piperidine rings is 1. The first kappa shape index (κ1) is 24.8. The van der Waals surface area contributed by atoms with Crippen molar-refractivity contribution < 1.29 is 23.6 Å². The maximum atomic E-state index is 13.5. The molecule has 3 aliphatic heterocycles. The van der Waals surface area contributed by atoms with Crippen LogP contribution in [0.4, 0.5) is 5.69 Å². The molecule has 3 aromatic rings. The second kappa shape index (κ2) is 10.4. The highest BCUT2D eigenvalue weighted by atomic mass is 16.3. The molecule has 0 N–H and O–H groups in total. The molecule has 1 atom stereocenters. The fourth-order valence-corrected chi connectivity index (χ4v) is 5.74. The molecule has 0 aliphatic carbocycles. The number of carbonyl (C=O) groups is 4. The zero-order valence-corrected chi connectivity index (χ0v) is 21.5. The van der Waals surface area contributed by atoms with E-state index in [2.05, 4.69) is 9.88 Å². The molecule has 200 valence electrons. The van der Waals surface area contributed by atoms with Crippen molar-refractivity contribution in [3.05, 3.63) is 83.6 Å². The Balaban J connectivity index is 1.13. The van der Waals surface area contributed by atoms with Crippen LogP contribution in [0.1, 0.15) is 49.7 Å². The molecule has 5 heterocycles. The average molecular weight is 528 g/mol. The number of pyridine rings is 1. The monoisotopic (exact) mass is 527 g/mol. The molecule has 1 unspecified atom stereocenters. The van der Waals surface area contributed by atoms with Crippen LogP contribution in [0.25, 0.3) is 0 Å². The molecule has 0 spiro atoms. The number of furan rings is 1. The van der Waals surface area contributed by atoms with Gasteiger partial charge < -0.3 is 19.1 Å².